The standard InChI is InChI=1S/C20H16F3N4PS/c21-20(22,23)18-10-15(6-7-24-18)29-11-19-26-16-5-4-13(9-17(16)27-19)25-12-2-1-3-14(28)8-12/h1-10,25H,11,28H2,(H,26,27). The summed E-state index contributed by atoms with van der Waals surface area (Å²) in [7, 11) is 2.66. The van der Waals surface area contributed by atoms with Crippen LogP contribution in [0.25, 0.3) is 11.0 Å². The van der Waals surface area contributed by atoms with Crippen molar-refractivity contribution in [3.8, 4) is 0 Å². The summed E-state index contributed by atoms with van der Waals surface area (Å²) in [5, 5.41) is 4.42. The smallest absolute Gasteiger partial charge is 0.355 e. The average molecular weight is 432 g/mol. The van der Waals surface area contributed by atoms with Gasteiger partial charge < -0.3 is 10.3 Å². The van der Waals surface area contributed by atoms with Gasteiger partial charge in [-0.25, -0.2) is 4.98 Å². The fourth-order valence-corrected chi connectivity index (χ4v) is 3.88. The molecule has 1 unspecified atom stereocenters. The predicted molar refractivity (Wildman–Crippen MR) is 114 cm³/mol. The number of aromatic nitrogens is 3. The summed E-state index contributed by atoms with van der Waals surface area (Å²) in [5.41, 5.74) is 2.65. The molecule has 2 N–H and O–H groups in total. The van der Waals surface area contributed by atoms with Gasteiger partial charge in [-0.05, 0) is 47.8 Å². The van der Waals surface area contributed by atoms with Crippen LogP contribution in [0.2, 0.25) is 0 Å². The number of nitrogens with zero attached hydrogens (tertiary/aromatic N) is 2. The molecule has 4 rings (SSSR count). The molecule has 4 aromatic rings. The molecule has 0 spiro atoms. The summed E-state index contributed by atoms with van der Waals surface area (Å²) in [6, 6.07) is 16.4. The van der Waals surface area contributed by atoms with E-state index in [1.54, 1.807) is 6.07 Å². The fourth-order valence-electron chi connectivity index (χ4n) is 2.80. The summed E-state index contributed by atoms with van der Waals surface area (Å²) < 4.78 is 38.4. The van der Waals surface area contributed by atoms with Gasteiger partial charge >= 0.3 is 6.18 Å². The number of thioether (sulfide) groups is 1. The maximum atomic E-state index is 12.8. The van der Waals surface area contributed by atoms with Crippen molar-refractivity contribution >= 4 is 48.7 Å². The predicted octanol–water partition coefficient (Wildman–Crippen LogP) is 5.51. The number of alkyl halides is 3. The number of fused-ring (bicyclic) bond motifs is 1. The number of rotatable bonds is 5. The van der Waals surface area contributed by atoms with Crippen molar-refractivity contribution < 1.29 is 13.2 Å². The number of aromatic amines is 1. The molecular weight excluding hydrogens is 416 g/mol. The molecule has 0 aliphatic carbocycles. The number of imidazole rings is 1. The van der Waals surface area contributed by atoms with E-state index >= 15 is 0 Å². The zero-order chi connectivity index (χ0) is 20.4. The normalized spacial score (nSPS) is 11.7. The lowest BCUT2D eigenvalue weighted by Gasteiger charge is -2.06. The lowest BCUT2D eigenvalue weighted by Crippen LogP contribution is -2.07. The quantitative estimate of drug-likeness (QED) is 0.322. The van der Waals surface area contributed by atoms with Gasteiger partial charge in [-0.15, -0.1) is 21.0 Å². The van der Waals surface area contributed by atoms with Gasteiger partial charge in [0, 0.05) is 22.5 Å². The molecule has 0 radical (unpaired) electrons. The third-order valence-corrected chi connectivity index (χ3v) is 5.47. The minimum absolute atomic E-state index is 0.424. The summed E-state index contributed by atoms with van der Waals surface area (Å²) in [6.07, 6.45) is -3.28. The van der Waals surface area contributed by atoms with E-state index < -0.39 is 11.9 Å². The van der Waals surface area contributed by atoms with E-state index in [-0.39, 0.29) is 0 Å². The van der Waals surface area contributed by atoms with E-state index in [4.69, 9.17) is 0 Å². The number of anilines is 2. The van der Waals surface area contributed by atoms with E-state index in [2.05, 4.69) is 29.5 Å². The Morgan fingerprint density at radius 3 is 2.66 bits per heavy atom. The van der Waals surface area contributed by atoms with Crippen LogP contribution in [0.15, 0.2) is 65.7 Å². The molecule has 2 aromatic carbocycles. The lowest BCUT2D eigenvalue weighted by atomic mass is 10.2. The molecule has 2 aromatic heterocycles. The Kier molecular flexibility index (Phi) is 5.48. The van der Waals surface area contributed by atoms with Crippen molar-refractivity contribution in [1.29, 1.82) is 0 Å². The number of nitrogens with one attached hydrogen (secondary N) is 2. The van der Waals surface area contributed by atoms with Crippen LogP contribution in [0, 0.1) is 0 Å². The Morgan fingerprint density at radius 1 is 1.03 bits per heavy atom. The van der Waals surface area contributed by atoms with E-state index in [9.17, 15) is 13.2 Å². The van der Waals surface area contributed by atoms with Crippen LogP contribution in [-0.4, -0.2) is 15.0 Å². The minimum Gasteiger partial charge on any atom is -0.355 e. The van der Waals surface area contributed by atoms with Crippen LogP contribution in [0.4, 0.5) is 24.5 Å². The summed E-state index contributed by atoms with van der Waals surface area (Å²) >= 11 is 1.28. The second-order valence-electron chi connectivity index (χ2n) is 6.33. The Labute approximate surface area is 171 Å². The fraction of sp³-hybridized carbons (Fsp3) is 0.100. The SMILES string of the molecule is FC(F)(F)c1cc(SCc2nc3cc(Nc4cccc(P)c4)ccc3[nH]2)ccn1. The minimum atomic E-state index is -4.45. The Balaban J connectivity index is 1.48. The van der Waals surface area contributed by atoms with Crippen molar-refractivity contribution in [1.82, 2.24) is 15.0 Å². The molecule has 1 atom stereocenters. The zero-order valence-corrected chi connectivity index (χ0v) is 17.0. The van der Waals surface area contributed by atoms with E-state index in [0.29, 0.717) is 16.5 Å². The Hall–Kier alpha value is -2.57. The van der Waals surface area contributed by atoms with E-state index in [1.807, 2.05) is 42.5 Å². The van der Waals surface area contributed by atoms with Gasteiger partial charge in [0.05, 0.1) is 16.8 Å². The molecule has 0 saturated carbocycles. The average Bonchev–Trinajstić information content (AvgIpc) is 3.08. The maximum absolute atomic E-state index is 12.8. The van der Waals surface area contributed by atoms with Crippen LogP contribution < -0.4 is 10.6 Å². The Morgan fingerprint density at radius 2 is 1.86 bits per heavy atom. The zero-order valence-electron chi connectivity index (χ0n) is 15.0. The van der Waals surface area contributed by atoms with Crippen molar-refractivity contribution in [3.63, 3.8) is 0 Å². The highest BCUT2D eigenvalue weighted by atomic mass is 32.2. The van der Waals surface area contributed by atoms with Crippen molar-refractivity contribution in [2.75, 3.05) is 5.32 Å². The van der Waals surface area contributed by atoms with Gasteiger partial charge in [0.15, 0.2) is 0 Å². The molecule has 0 aliphatic rings. The first-order valence-corrected chi connectivity index (χ1v) is 10.2. The van der Waals surface area contributed by atoms with E-state index in [0.717, 1.165) is 33.8 Å². The molecule has 29 heavy (non-hydrogen) atoms. The van der Waals surface area contributed by atoms with Crippen LogP contribution in [0.3, 0.4) is 0 Å². The first-order valence-electron chi connectivity index (χ1n) is 8.64. The van der Waals surface area contributed by atoms with Crippen LogP contribution in [0.1, 0.15) is 11.5 Å². The topological polar surface area (TPSA) is 53.6 Å². The summed E-state index contributed by atoms with van der Waals surface area (Å²) in [5.74, 6) is 1.12. The van der Waals surface area contributed by atoms with Crippen molar-refractivity contribution in [2.45, 2.75) is 16.8 Å². The summed E-state index contributed by atoms with van der Waals surface area (Å²) in [4.78, 5) is 11.6. The summed E-state index contributed by atoms with van der Waals surface area (Å²) in [6.45, 7) is 0. The van der Waals surface area contributed by atoms with Crippen LogP contribution >= 0.6 is 21.0 Å². The molecule has 0 aliphatic heterocycles. The monoisotopic (exact) mass is 432 g/mol. The van der Waals surface area contributed by atoms with Gasteiger partial charge in [0.2, 0.25) is 0 Å². The number of benzene rings is 2. The molecule has 2 heterocycles. The largest absolute Gasteiger partial charge is 0.433 e. The molecular formula is C20H16F3N4PS. The first-order chi connectivity index (χ1) is 13.9. The second kappa shape index (κ2) is 8.05. The van der Waals surface area contributed by atoms with Crippen molar-refractivity contribution in [3.05, 3.63) is 72.3 Å². The molecule has 148 valence electrons. The van der Waals surface area contributed by atoms with Gasteiger partial charge in [-0.1, -0.05) is 12.1 Å². The van der Waals surface area contributed by atoms with Gasteiger partial charge in [0.1, 0.15) is 11.5 Å². The highest BCUT2D eigenvalue weighted by Crippen LogP contribution is 2.31. The number of hydrogen-bond acceptors (Lipinski definition) is 4. The molecule has 9 heteroatoms. The highest BCUT2D eigenvalue weighted by Gasteiger charge is 2.32. The first kappa shape index (κ1) is 19.7. The third kappa shape index (κ3) is 4.89. The molecule has 4 nitrogen and oxygen atoms in total. The second-order valence-corrected chi connectivity index (χ2v) is 8.04. The van der Waals surface area contributed by atoms with Crippen LogP contribution in [0.5, 0.6) is 0 Å². The van der Waals surface area contributed by atoms with Crippen LogP contribution in [-0.2, 0) is 11.9 Å². The van der Waals surface area contributed by atoms with Gasteiger partial charge in [0.25, 0.3) is 0 Å². The number of halogens is 3. The van der Waals surface area contributed by atoms with E-state index in [1.165, 1.54) is 18.0 Å². The van der Waals surface area contributed by atoms with Crippen molar-refractivity contribution in [2.24, 2.45) is 0 Å². The number of H-pyrrole nitrogens is 1. The van der Waals surface area contributed by atoms with Gasteiger partial charge in [-0.2, -0.15) is 13.2 Å². The molecule has 0 saturated heterocycles. The molecule has 0 fully saturated rings. The molecule has 0 bridgehead atoms. The van der Waals surface area contributed by atoms with Gasteiger partial charge in [-0.3, -0.25) is 4.98 Å². The maximum Gasteiger partial charge on any atom is 0.433 e. The lowest BCUT2D eigenvalue weighted by molar-refractivity contribution is -0.141. The highest BCUT2D eigenvalue weighted by molar-refractivity contribution is 7.98. The number of hydrogen-bond donors (Lipinski definition) is 2. The number of pyridine rings is 1. The third-order valence-electron chi connectivity index (χ3n) is 4.10. The molecule has 0 amide bonds. The Bertz CT molecular complexity index is 1160.